The Morgan fingerprint density at radius 3 is 1.16 bits per heavy atom. The first kappa shape index (κ1) is 35.3. The molecule has 13 rings (SSSR count). The SMILES string of the molecule is c1ccc(-c2nn(-c3ccccc3)c3nc4ccc(C5(c6ccc7nc8c(cc7c6)c(-c6ccccc6)nn8-c6ccccc6)c6ccccc6-c6ccccc65)cc4cc23)cc1. The van der Waals surface area contributed by atoms with Crippen molar-refractivity contribution in [3.8, 4) is 45.0 Å². The maximum Gasteiger partial charge on any atom is 0.164 e. The van der Waals surface area contributed by atoms with Crippen LogP contribution in [-0.4, -0.2) is 29.5 Å². The molecule has 1 aliphatic carbocycles. The second kappa shape index (κ2) is 13.8. The highest BCUT2D eigenvalue weighted by atomic mass is 15.3. The van der Waals surface area contributed by atoms with E-state index in [2.05, 4.69) is 170 Å². The fourth-order valence-corrected chi connectivity index (χ4v) is 10.0. The number of nitrogens with zero attached hydrogens (tertiary/aromatic N) is 6. The molecule has 1 aliphatic rings. The fraction of sp³-hybridized carbons (Fsp3) is 0.0175. The van der Waals surface area contributed by atoms with Gasteiger partial charge in [-0.15, -0.1) is 0 Å². The molecule has 294 valence electrons. The van der Waals surface area contributed by atoms with Crippen molar-refractivity contribution in [1.29, 1.82) is 0 Å². The molecule has 0 radical (unpaired) electrons. The molecule has 8 aromatic carbocycles. The number of para-hydroxylation sites is 2. The smallest absolute Gasteiger partial charge is 0.164 e. The summed E-state index contributed by atoms with van der Waals surface area (Å²) in [6.45, 7) is 0. The molecule has 4 heterocycles. The molecule has 6 nitrogen and oxygen atoms in total. The standard InChI is InChI=1S/C57H36N6/c1-5-17-37(18-6-1)53-47-35-39-33-41(29-31-51(39)58-55(47)62(60-53)43-21-9-3-10-22-43)57(49-27-15-13-25-45(49)46-26-14-16-28-50(46)57)42-30-32-52-40(34-42)36-48-54(38-19-7-2-8-20-38)61-63(56(48)59-52)44-23-11-4-12-24-44/h1-36H. The number of rotatable bonds is 6. The molecule has 63 heavy (non-hydrogen) atoms. The number of pyridine rings is 2. The second-order valence-corrected chi connectivity index (χ2v) is 16.3. The molecular formula is C57H36N6. The number of fused-ring (bicyclic) bond motifs is 7. The van der Waals surface area contributed by atoms with Crippen LogP contribution in [0.4, 0.5) is 0 Å². The number of hydrogen-bond donors (Lipinski definition) is 0. The normalized spacial score (nSPS) is 12.9. The summed E-state index contributed by atoms with van der Waals surface area (Å²) in [4.78, 5) is 10.7. The Labute approximate surface area is 363 Å². The quantitative estimate of drug-likeness (QED) is 0.168. The molecule has 0 unspecified atom stereocenters. The van der Waals surface area contributed by atoms with Crippen LogP contribution in [0.2, 0.25) is 0 Å². The average molecular weight is 805 g/mol. The molecule has 0 saturated carbocycles. The number of benzene rings is 8. The minimum absolute atomic E-state index is 0.646. The van der Waals surface area contributed by atoms with Crippen LogP contribution >= 0.6 is 0 Å². The van der Waals surface area contributed by atoms with Crippen molar-refractivity contribution >= 4 is 43.9 Å². The zero-order valence-electron chi connectivity index (χ0n) is 34.0. The van der Waals surface area contributed by atoms with Crippen LogP contribution in [0, 0.1) is 0 Å². The Kier molecular flexibility index (Phi) is 7.72. The fourth-order valence-electron chi connectivity index (χ4n) is 10.0. The van der Waals surface area contributed by atoms with Gasteiger partial charge in [-0.25, -0.2) is 19.3 Å². The van der Waals surface area contributed by atoms with Crippen molar-refractivity contribution in [3.05, 3.63) is 241 Å². The molecule has 4 aromatic heterocycles. The first-order valence-electron chi connectivity index (χ1n) is 21.3. The Bertz CT molecular complexity index is 3480. The molecule has 6 heteroatoms. The summed E-state index contributed by atoms with van der Waals surface area (Å²) in [5.41, 5.74) is 16.0. The minimum atomic E-state index is -0.646. The molecular weight excluding hydrogens is 769 g/mol. The van der Waals surface area contributed by atoms with E-state index in [1.807, 2.05) is 57.9 Å². The lowest BCUT2D eigenvalue weighted by Gasteiger charge is -2.34. The van der Waals surface area contributed by atoms with E-state index in [0.717, 1.165) is 77.8 Å². The third kappa shape index (κ3) is 5.31. The first-order chi connectivity index (χ1) is 31.2. The van der Waals surface area contributed by atoms with Crippen molar-refractivity contribution in [2.24, 2.45) is 0 Å². The average Bonchev–Trinajstić information content (AvgIpc) is 4.02. The van der Waals surface area contributed by atoms with Gasteiger partial charge in [0.15, 0.2) is 11.3 Å². The second-order valence-electron chi connectivity index (χ2n) is 16.3. The largest absolute Gasteiger partial charge is 0.228 e. The Hall–Kier alpha value is -8.48. The van der Waals surface area contributed by atoms with E-state index >= 15 is 0 Å². The highest BCUT2D eigenvalue weighted by Crippen LogP contribution is 2.56. The van der Waals surface area contributed by atoms with Gasteiger partial charge in [-0.05, 0) is 94.0 Å². The van der Waals surface area contributed by atoms with Crippen LogP contribution < -0.4 is 0 Å². The van der Waals surface area contributed by atoms with E-state index in [4.69, 9.17) is 20.2 Å². The van der Waals surface area contributed by atoms with Gasteiger partial charge in [-0.3, -0.25) is 0 Å². The maximum atomic E-state index is 5.36. The summed E-state index contributed by atoms with van der Waals surface area (Å²) in [6, 6.07) is 77.4. The van der Waals surface area contributed by atoms with E-state index in [9.17, 15) is 0 Å². The monoisotopic (exact) mass is 804 g/mol. The first-order valence-corrected chi connectivity index (χ1v) is 21.3. The highest BCUT2D eigenvalue weighted by Gasteiger charge is 2.46. The van der Waals surface area contributed by atoms with Crippen molar-refractivity contribution in [2.75, 3.05) is 0 Å². The van der Waals surface area contributed by atoms with E-state index in [-0.39, 0.29) is 0 Å². The van der Waals surface area contributed by atoms with Gasteiger partial charge in [0.25, 0.3) is 0 Å². The third-order valence-corrected chi connectivity index (χ3v) is 12.8. The van der Waals surface area contributed by atoms with Crippen LogP contribution in [0.1, 0.15) is 22.3 Å². The van der Waals surface area contributed by atoms with Gasteiger partial charge in [0.05, 0.1) is 27.8 Å². The lowest BCUT2D eigenvalue weighted by atomic mass is 9.67. The van der Waals surface area contributed by atoms with Crippen LogP contribution in [-0.2, 0) is 5.41 Å². The summed E-state index contributed by atoms with van der Waals surface area (Å²) in [7, 11) is 0. The topological polar surface area (TPSA) is 61.4 Å². The Morgan fingerprint density at radius 1 is 0.349 bits per heavy atom. The maximum absolute atomic E-state index is 5.36. The molecule has 0 bridgehead atoms. The lowest BCUT2D eigenvalue weighted by Crippen LogP contribution is -2.28. The van der Waals surface area contributed by atoms with Gasteiger partial charge in [0.2, 0.25) is 0 Å². The van der Waals surface area contributed by atoms with Gasteiger partial charge in [0, 0.05) is 32.7 Å². The molecule has 0 aliphatic heterocycles. The van der Waals surface area contributed by atoms with E-state index in [0.29, 0.717) is 0 Å². The van der Waals surface area contributed by atoms with Gasteiger partial charge in [-0.2, -0.15) is 10.2 Å². The molecule has 0 atom stereocenters. The summed E-state index contributed by atoms with van der Waals surface area (Å²) in [5.74, 6) is 0. The zero-order chi connectivity index (χ0) is 41.5. The summed E-state index contributed by atoms with van der Waals surface area (Å²) < 4.78 is 3.95. The zero-order valence-corrected chi connectivity index (χ0v) is 34.0. The van der Waals surface area contributed by atoms with E-state index in [1.165, 1.54) is 33.4 Å². The van der Waals surface area contributed by atoms with Crippen molar-refractivity contribution in [1.82, 2.24) is 29.5 Å². The predicted octanol–water partition coefficient (Wildman–Crippen LogP) is 13.2. The van der Waals surface area contributed by atoms with Crippen molar-refractivity contribution in [2.45, 2.75) is 5.41 Å². The number of hydrogen-bond acceptors (Lipinski definition) is 4. The van der Waals surface area contributed by atoms with Crippen LogP contribution in [0.5, 0.6) is 0 Å². The van der Waals surface area contributed by atoms with Gasteiger partial charge >= 0.3 is 0 Å². The third-order valence-electron chi connectivity index (χ3n) is 12.8. The molecule has 0 N–H and O–H groups in total. The van der Waals surface area contributed by atoms with Crippen LogP contribution in [0.3, 0.4) is 0 Å². The predicted molar refractivity (Wildman–Crippen MR) is 254 cm³/mol. The van der Waals surface area contributed by atoms with Crippen molar-refractivity contribution in [3.63, 3.8) is 0 Å². The highest BCUT2D eigenvalue weighted by molar-refractivity contribution is 6.02. The molecule has 0 amide bonds. The Morgan fingerprint density at radius 2 is 0.730 bits per heavy atom. The molecule has 0 spiro atoms. The molecule has 0 fully saturated rings. The summed E-state index contributed by atoms with van der Waals surface area (Å²) in [6.07, 6.45) is 0. The van der Waals surface area contributed by atoms with E-state index < -0.39 is 5.41 Å². The van der Waals surface area contributed by atoms with Gasteiger partial charge in [0.1, 0.15) is 11.4 Å². The van der Waals surface area contributed by atoms with E-state index in [1.54, 1.807) is 0 Å². The molecule has 12 aromatic rings. The van der Waals surface area contributed by atoms with Gasteiger partial charge in [-0.1, -0.05) is 158 Å². The van der Waals surface area contributed by atoms with Gasteiger partial charge < -0.3 is 0 Å². The lowest BCUT2D eigenvalue weighted by molar-refractivity contribution is 0.771. The minimum Gasteiger partial charge on any atom is -0.228 e. The Balaban J connectivity index is 1.07. The van der Waals surface area contributed by atoms with Crippen LogP contribution in [0.15, 0.2) is 218 Å². The van der Waals surface area contributed by atoms with Crippen LogP contribution in [0.25, 0.3) is 88.9 Å². The summed E-state index contributed by atoms with van der Waals surface area (Å²) >= 11 is 0. The molecule has 0 saturated heterocycles. The van der Waals surface area contributed by atoms with Crippen molar-refractivity contribution < 1.29 is 0 Å². The number of aromatic nitrogens is 6. The summed E-state index contributed by atoms with van der Waals surface area (Å²) in [5, 5.41) is 14.5.